The van der Waals surface area contributed by atoms with Crippen molar-refractivity contribution in [2.24, 2.45) is 0 Å². The smallest absolute Gasteiger partial charge is 0.220 e. The summed E-state index contributed by atoms with van der Waals surface area (Å²) in [5, 5.41) is 86.1. The van der Waals surface area contributed by atoms with Gasteiger partial charge in [-0.05, 0) is 51.4 Å². The van der Waals surface area contributed by atoms with Crippen molar-refractivity contribution in [2.75, 3.05) is 19.8 Å². The van der Waals surface area contributed by atoms with Gasteiger partial charge in [-0.15, -0.1) is 0 Å². The van der Waals surface area contributed by atoms with E-state index in [4.69, 9.17) is 18.9 Å². The molecule has 2 aliphatic rings. The van der Waals surface area contributed by atoms with Crippen molar-refractivity contribution in [3.8, 4) is 0 Å². The number of amides is 1. The molecule has 14 nitrogen and oxygen atoms in total. The van der Waals surface area contributed by atoms with Gasteiger partial charge in [-0.2, -0.15) is 0 Å². The average Bonchev–Trinajstić information content (AvgIpc) is 3.44. The molecule has 2 heterocycles. The Bertz CT molecular complexity index is 1490. The van der Waals surface area contributed by atoms with Gasteiger partial charge in [-0.25, -0.2) is 0 Å². The number of nitrogens with one attached hydrogen (secondary N) is 1. The number of hydrogen-bond donors (Lipinski definition) is 9. The molecule has 2 aliphatic heterocycles. The number of unbranched alkanes of at least 4 members (excludes halogenated alkanes) is 32. The van der Waals surface area contributed by atoms with E-state index in [0.29, 0.717) is 6.42 Å². The molecule has 14 heteroatoms. The van der Waals surface area contributed by atoms with Crippen LogP contribution in [0.5, 0.6) is 0 Å². The van der Waals surface area contributed by atoms with Crippen LogP contribution in [0.3, 0.4) is 0 Å². The molecular weight excluding hydrogens is 991 g/mol. The Morgan fingerprint density at radius 1 is 0.462 bits per heavy atom. The highest BCUT2D eigenvalue weighted by atomic mass is 16.7. The van der Waals surface area contributed by atoms with E-state index in [0.717, 1.165) is 44.9 Å². The predicted molar refractivity (Wildman–Crippen MR) is 314 cm³/mol. The van der Waals surface area contributed by atoms with Crippen LogP contribution in [0.25, 0.3) is 0 Å². The lowest BCUT2D eigenvalue weighted by atomic mass is 9.97. The zero-order chi connectivity index (χ0) is 56.7. The molecule has 12 atom stereocenters. The summed E-state index contributed by atoms with van der Waals surface area (Å²) >= 11 is 0. The Morgan fingerprint density at radius 3 is 1.32 bits per heavy atom. The van der Waals surface area contributed by atoms with Crippen molar-refractivity contribution >= 4 is 5.91 Å². The maximum absolute atomic E-state index is 13.0. The number of aliphatic hydroxyl groups is 8. The number of ether oxygens (including phenoxy) is 4. The van der Waals surface area contributed by atoms with Crippen LogP contribution in [0.1, 0.15) is 258 Å². The predicted octanol–water partition coefficient (Wildman–Crippen LogP) is 11.6. The number of carbonyl (C=O) groups is 1. The van der Waals surface area contributed by atoms with E-state index in [1.165, 1.54) is 186 Å². The van der Waals surface area contributed by atoms with Crippen molar-refractivity contribution in [1.29, 1.82) is 0 Å². The Kier molecular flexibility index (Phi) is 45.8. The van der Waals surface area contributed by atoms with Crippen LogP contribution in [0, 0.1) is 0 Å². The van der Waals surface area contributed by atoms with Gasteiger partial charge in [0.05, 0.1) is 32.0 Å². The fraction of sp³-hybridized carbons (Fsp3) is 0.859. The van der Waals surface area contributed by atoms with Crippen molar-refractivity contribution < 1.29 is 64.6 Å². The SMILES string of the molecule is CCC/C=C/C(O)C(COC1OC(CO)C(OC2OC(CO)C(O)C(O)C2O)C(O)C1O)NC(=O)CCCCCCCCCCCCCCCCCCCCCCCCCCCC/C=C\C/C=C\C/C=C\CCCCCCC. The summed E-state index contributed by atoms with van der Waals surface area (Å²) in [6.45, 7) is 2.56. The summed E-state index contributed by atoms with van der Waals surface area (Å²) in [7, 11) is 0. The Labute approximate surface area is 473 Å². The minimum Gasteiger partial charge on any atom is -0.394 e. The molecule has 9 N–H and O–H groups in total. The molecule has 2 saturated heterocycles. The van der Waals surface area contributed by atoms with Crippen LogP contribution in [-0.2, 0) is 23.7 Å². The first-order valence-corrected chi connectivity index (χ1v) is 31.9. The molecule has 0 bridgehead atoms. The molecule has 78 heavy (non-hydrogen) atoms. The first kappa shape index (κ1) is 72.1. The van der Waals surface area contributed by atoms with Gasteiger partial charge in [0.2, 0.25) is 5.91 Å². The van der Waals surface area contributed by atoms with Gasteiger partial charge in [0, 0.05) is 6.42 Å². The largest absolute Gasteiger partial charge is 0.394 e. The van der Waals surface area contributed by atoms with Gasteiger partial charge in [0.1, 0.15) is 48.8 Å². The molecular formula is C64H117NO13. The summed E-state index contributed by atoms with van der Waals surface area (Å²) in [4.78, 5) is 13.0. The second kappa shape index (κ2) is 49.5. The van der Waals surface area contributed by atoms with Gasteiger partial charge >= 0.3 is 0 Å². The van der Waals surface area contributed by atoms with Crippen molar-refractivity contribution in [2.45, 2.75) is 331 Å². The molecule has 0 aliphatic carbocycles. The first-order chi connectivity index (χ1) is 38.1. The normalized spacial score (nSPS) is 24.8. The maximum atomic E-state index is 13.0. The highest BCUT2D eigenvalue weighted by Crippen LogP contribution is 2.30. The van der Waals surface area contributed by atoms with Crippen LogP contribution >= 0.6 is 0 Å². The van der Waals surface area contributed by atoms with Gasteiger partial charge < -0.3 is 65.1 Å². The second-order valence-electron chi connectivity index (χ2n) is 22.5. The highest BCUT2D eigenvalue weighted by molar-refractivity contribution is 5.76. The second-order valence-corrected chi connectivity index (χ2v) is 22.5. The lowest BCUT2D eigenvalue weighted by molar-refractivity contribution is -0.359. The third kappa shape index (κ3) is 34.4. The third-order valence-corrected chi connectivity index (χ3v) is 15.5. The Hall–Kier alpha value is -2.05. The van der Waals surface area contributed by atoms with Gasteiger partial charge in [-0.3, -0.25) is 4.79 Å². The summed E-state index contributed by atoms with van der Waals surface area (Å²) in [5.41, 5.74) is 0. The van der Waals surface area contributed by atoms with Crippen molar-refractivity contribution in [3.05, 3.63) is 48.6 Å². The molecule has 1 amide bonds. The molecule has 0 radical (unpaired) electrons. The van der Waals surface area contributed by atoms with Crippen LogP contribution in [0.4, 0.5) is 0 Å². The highest BCUT2D eigenvalue weighted by Gasteiger charge is 2.51. The lowest BCUT2D eigenvalue weighted by Gasteiger charge is -2.46. The Morgan fingerprint density at radius 2 is 0.872 bits per heavy atom. The molecule has 0 saturated carbocycles. The molecule has 0 aromatic carbocycles. The minimum atomic E-state index is -1.78. The van der Waals surface area contributed by atoms with Gasteiger partial charge in [0.25, 0.3) is 0 Å². The van der Waals surface area contributed by atoms with Crippen LogP contribution < -0.4 is 5.32 Å². The summed E-state index contributed by atoms with van der Waals surface area (Å²) in [6.07, 6.45) is 47.7. The van der Waals surface area contributed by atoms with E-state index in [1.54, 1.807) is 6.08 Å². The van der Waals surface area contributed by atoms with Crippen molar-refractivity contribution in [1.82, 2.24) is 5.32 Å². The molecule has 0 aromatic heterocycles. The van der Waals surface area contributed by atoms with E-state index in [2.05, 4.69) is 48.7 Å². The fourth-order valence-electron chi connectivity index (χ4n) is 10.4. The Balaban J connectivity index is 1.41. The number of rotatable bonds is 51. The van der Waals surface area contributed by atoms with E-state index >= 15 is 0 Å². The van der Waals surface area contributed by atoms with E-state index in [9.17, 15) is 45.6 Å². The van der Waals surface area contributed by atoms with Crippen LogP contribution in [0.15, 0.2) is 48.6 Å². The quantitative estimate of drug-likeness (QED) is 0.0204. The van der Waals surface area contributed by atoms with Crippen LogP contribution in [-0.4, -0.2) is 140 Å². The number of allylic oxidation sites excluding steroid dienone is 7. The average molecular weight is 1110 g/mol. The first-order valence-electron chi connectivity index (χ1n) is 31.9. The summed E-state index contributed by atoms with van der Waals surface area (Å²) < 4.78 is 22.5. The molecule has 12 unspecified atom stereocenters. The molecule has 0 aromatic rings. The molecule has 2 fully saturated rings. The molecule has 2 rings (SSSR count). The minimum absolute atomic E-state index is 0.248. The van der Waals surface area contributed by atoms with E-state index in [1.807, 2.05) is 13.0 Å². The van der Waals surface area contributed by atoms with Gasteiger partial charge in [0.15, 0.2) is 12.6 Å². The van der Waals surface area contributed by atoms with Crippen molar-refractivity contribution in [3.63, 3.8) is 0 Å². The number of carbonyl (C=O) groups excluding carboxylic acids is 1. The molecule has 456 valence electrons. The monoisotopic (exact) mass is 1110 g/mol. The molecule has 0 spiro atoms. The zero-order valence-corrected chi connectivity index (χ0v) is 49.2. The lowest BCUT2D eigenvalue weighted by Crippen LogP contribution is -2.65. The van der Waals surface area contributed by atoms with E-state index in [-0.39, 0.29) is 18.9 Å². The number of hydrogen-bond acceptors (Lipinski definition) is 13. The standard InChI is InChI=1S/C64H117NO13/c1-3-5-7-8-9-10-11-12-13-14-15-16-17-18-19-20-21-22-23-24-25-26-27-28-29-30-31-32-33-34-35-36-37-38-39-40-41-42-43-44-46-48-56(69)65-52(53(68)47-45-6-4-2)51-75-63-61(74)59(72)62(55(50-67)77-63)78-64-60(73)58(71)57(70)54(49-66)76-64/h11-12,14-15,17-18,45,47,52-55,57-64,66-68,70-74H,3-10,13,16,19-44,46,48-51H2,1-2H3,(H,65,69)/b12-11-,15-14-,18-17-,47-45+. The fourth-order valence-corrected chi connectivity index (χ4v) is 10.4. The zero-order valence-electron chi connectivity index (χ0n) is 49.2. The summed E-state index contributed by atoms with van der Waals surface area (Å²) in [6, 6.07) is -0.908. The third-order valence-electron chi connectivity index (χ3n) is 15.5. The van der Waals surface area contributed by atoms with E-state index < -0.39 is 86.8 Å². The number of aliphatic hydroxyl groups excluding tert-OH is 8. The van der Waals surface area contributed by atoms with Crippen LogP contribution in [0.2, 0.25) is 0 Å². The maximum Gasteiger partial charge on any atom is 0.220 e. The topological polar surface area (TPSA) is 228 Å². The summed E-state index contributed by atoms with van der Waals surface area (Å²) in [5.74, 6) is -0.248. The van der Waals surface area contributed by atoms with Gasteiger partial charge in [-0.1, -0.05) is 249 Å².